The van der Waals surface area contributed by atoms with Gasteiger partial charge >= 0.3 is 0 Å². The van der Waals surface area contributed by atoms with Crippen molar-refractivity contribution in [3.05, 3.63) is 30.1 Å². The molecule has 0 aliphatic carbocycles. The van der Waals surface area contributed by atoms with Crippen LogP contribution >= 0.6 is 0 Å². The van der Waals surface area contributed by atoms with Crippen molar-refractivity contribution in [2.45, 2.75) is 19.4 Å². The molecule has 1 aromatic carbocycles. The number of nitrogens with zero attached hydrogens (tertiary/aromatic N) is 2. The van der Waals surface area contributed by atoms with Gasteiger partial charge in [-0.15, -0.1) is 0 Å². The zero-order chi connectivity index (χ0) is 16.4. The molecule has 2 aromatic rings. The second kappa shape index (κ2) is 6.11. The predicted octanol–water partition coefficient (Wildman–Crippen LogP) is 0.620. The Bertz CT molecular complexity index is 851. The number of benzene rings is 1. The number of aromatic nitrogens is 2. The standard InChI is InChI=1S/C15H17N3O4S/c1-10-16-13-5-3-2-4-12(13)15(17-10)22-8-14(19)18-11-6-7-23(20,21)9-11/h2-5,11H,6-9H2,1H3,(H,18,19)/t11-/m1/s1. The van der Waals surface area contributed by atoms with Gasteiger partial charge in [-0.05, 0) is 25.5 Å². The van der Waals surface area contributed by atoms with Crippen molar-refractivity contribution in [3.63, 3.8) is 0 Å². The van der Waals surface area contributed by atoms with Crippen LogP contribution in [-0.4, -0.2) is 48.4 Å². The van der Waals surface area contributed by atoms with E-state index >= 15 is 0 Å². The van der Waals surface area contributed by atoms with Crippen LogP contribution in [0.15, 0.2) is 24.3 Å². The molecule has 122 valence electrons. The fourth-order valence-corrected chi connectivity index (χ4v) is 4.25. The highest BCUT2D eigenvalue weighted by molar-refractivity contribution is 7.91. The van der Waals surface area contributed by atoms with Crippen molar-refractivity contribution in [2.75, 3.05) is 18.1 Å². The van der Waals surface area contributed by atoms with Gasteiger partial charge in [0.25, 0.3) is 5.91 Å². The molecule has 8 heteroatoms. The van der Waals surface area contributed by atoms with Crippen LogP contribution in [0.4, 0.5) is 0 Å². The summed E-state index contributed by atoms with van der Waals surface area (Å²) < 4.78 is 28.3. The molecule has 2 heterocycles. The average Bonchev–Trinajstić information content (AvgIpc) is 2.83. The minimum absolute atomic E-state index is 0.00567. The van der Waals surface area contributed by atoms with Gasteiger partial charge in [0, 0.05) is 6.04 Å². The van der Waals surface area contributed by atoms with Gasteiger partial charge in [-0.25, -0.2) is 13.4 Å². The summed E-state index contributed by atoms with van der Waals surface area (Å²) in [5, 5.41) is 3.41. The van der Waals surface area contributed by atoms with E-state index in [1.807, 2.05) is 24.3 Å². The Kier molecular flexibility index (Phi) is 4.16. The van der Waals surface area contributed by atoms with E-state index in [1.165, 1.54) is 0 Å². The van der Waals surface area contributed by atoms with E-state index in [-0.39, 0.29) is 30.1 Å². The zero-order valence-electron chi connectivity index (χ0n) is 12.7. The van der Waals surface area contributed by atoms with E-state index in [2.05, 4.69) is 15.3 Å². The van der Waals surface area contributed by atoms with Crippen molar-refractivity contribution in [1.82, 2.24) is 15.3 Å². The van der Waals surface area contributed by atoms with E-state index in [1.54, 1.807) is 6.92 Å². The molecule has 0 spiro atoms. The largest absolute Gasteiger partial charge is 0.467 e. The van der Waals surface area contributed by atoms with Gasteiger partial charge in [0.05, 0.1) is 22.4 Å². The minimum atomic E-state index is -3.02. The average molecular weight is 335 g/mol. The summed E-state index contributed by atoms with van der Waals surface area (Å²) in [4.78, 5) is 20.5. The molecule has 1 aliphatic rings. The molecule has 23 heavy (non-hydrogen) atoms. The van der Waals surface area contributed by atoms with Crippen molar-refractivity contribution < 1.29 is 17.9 Å². The highest BCUT2D eigenvalue weighted by Crippen LogP contribution is 2.21. The number of carbonyl (C=O) groups is 1. The van der Waals surface area contributed by atoms with Gasteiger partial charge in [-0.1, -0.05) is 12.1 Å². The van der Waals surface area contributed by atoms with Gasteiger partial charge in [0.15, 0.2) is 16.4 Å². The van der Waals surface area contributed by atoms with Gasteiger partial charge in [-0.3, -0.25) is 4.79 Å². The smallest absolute Gasteiger partial charge is 0.258 e. The Morgan fingerprint density at radius 3 is 2.87 bits per heavy atom. The predicted molar refractivity (Wildman–Crippen MR) is 85.0 cm³/mol. The summed E-state index contributed by atoms with van der Waals surface area (Å²) in [5.41, 5.74) is 0.747. The highest BCUT2D eigenvalue weighted by Gasteiger charge is 2.28. The molecule has 1 aromatic heterocycles. The Balaban J connectivity index is 1.65. The summed E-state index contributed by atoms with van der Waals surface area (Å²) in [6.07, 6.45) is 0.448. The topological polar surface area (TPSA) is 98.2 Å². The number of rotatable bonds is 4. The van der Waals surface area contributed by atoms with Crippen molar-refractivity contribution >= 4 is 26.6 Å². The Hall–Kier alpha value is -2.22. The van der Waals surface area contributed by atoms with Gasteiger partial charge in [0.1, 0.15) is 5.82 Å². The molecule has 0 saturated carbocycles. The first-order valence-electron chi connectivity index (χ1n) is 7.29. The molecule has 3 rings (SSSR count). The summed E-state index contributed by atoms with van der Waals surface area (Å²) in [6, 6.07) is 7.05. The fourth-order valence-electron chi connectivity index (χ4n) is 2.58. The van der Waals surface area contributed by atoms with E-state index in [4.69, 9.17) is 4.74 Å². The van der Waals surface area contributed by atoms with E-state index < -0.39 is 9.84 Å². The third kappa shape index (κ3) is 3.76. The Morgan fingerprint density at radius 2 is 2.13 bits per heavy atom. The summed E-state index contributed by atoms with van der Waals surface area (Å²) in [5.74, 6) is 0.666. The summed E-state index contributed by atoms with van der Waals surface area (Å²) in [6.45, 7) is 1.54. The number of aryl methyl sites for hydroxylation is 1. The summed E-state index contributed by atoms with van der Waals surface area (Å²) >= 11 is 0. The molecular formula is C15H17N3O4S. The monoisotopic (exact) mass is 335 g/mol. The second-order valence-electron chi connectivity index (χ2n) is 5.55. The van der Waals surface area contributed by atoms with Crippen LogP contribution < -0.4 is 10.1 Å². The van der Waals surface area contributed by atoms with Gasteiger partial charge in [-0.2, -0.15) is 4.98 Å². The first kappa shape index (κ1) is 15.7. The number of hydrogen-bond donors (Lipinski definition) is 1. The fraction of sp³-hybridized carbons (Fsp3) is 0.400. The third-order valence-electron chi connectivity index (χ3n) is 3.62. The maximum atomic E-state index is 11.9. The number of ether oxygens (including phenoxy) is 1. The van der Waals surface area contributed by atoms with Crippen LogP contribution in [-0.2, 0) is 14.6 Å². The van der Waals surface area contributed by atoms with Crippen molar-refractivity contribution in [3.8, 4) is 5.88 Å². The van der Waals surface area contributed by atoms with E-state index in [0.717, 1.165) is 10.9 Å². The van der Waals surface area contributed by atoms with Crippen molar-refractivity contribution in [2.24, 2.45) is 0 Å². The molecule has 1 fully saturated rings. The summed E-state index contributed by atoms with van der Waals surface area (Å²) in [7, 11) is -3.02. The number of nitrogens with one attached hydrogen (secondary N) is 1. The third-order valence-corrected chi connectivity index (χ3v) is 5.39. The zero-order valence-corrected chi connectivity index (χ0v) is 13.5. The van der Waals surface area contributed by atoms with Crippen LogP contribution in [0.1, 0.15) is 12.2 Å². The van der Waals surface area contributed by atoms with Crippen LogP contribution in [0.5, 0.6) is 5.88 Å². The molecule has 0 bridgehead atoms. The van der Waals surface area contributed by atoms with Crippen LogP contribution in [0.25, 0.3) is 10.9 Å². The number of hydrogen-bond acceptors (Lipinski definition) is 6. The number of carbonyl (C=O) groups excluding carboxylic acids is 1. The minimum Gasteiger partial charge on any atom is -0.467 e. The Morgan fingerprint density at radius 1 is 1.35 bits per heavy atom. The van der Waals surface area contributed by atoms with E-state index in [0.29, 0.717) is 18.1 Å². The molecule has 0 unspecified atom stereocenters. The molecular weight excluding hydrogens is 318 g/mol. The van der Waals surface area contributed by atoms with Crippen molar-refractivity contribution in [1.29, 1.82) is 0 Å². The number of para-hydroxylation sites is 1. The second-order valence-corrected chi connectivity index (χ2v) is 7.78. The van der Waals surface area contributed by atoms with E-state index in [9.17, 15) is 13.2 Å². The SMILES string of the molecule is Cc1nc(OCC(=O)N[C@@H]2CCS(=O)(=O)C2)c2ccccc2n1. The maximum Gasteiger partial charge on any atom is 0.258 e. The highest BCUT2D eigenvalue weighted by atomic mass is 32.2. The van der Waals surface area contributed by atoms with Crippen LogP contribution in [0.3, 0.4) is 0 Å². The number of sulfone groups is 1. The van der Waals surface area contributed by atoms with Crippen LogP contribution in [0.2, 0.25) is 0 Å². The first-order valence-corrected chi connectivity index (χ1v) is 9.11. The molecule has 1 atom stereocenters. The lowest BCUT2D eigenvalue weighted by molar-refractivity contribution is -0.123. The van der Waals surface area contributed by atoms with Crippen LogP contribution in [0, 0.1) is 6.92 Å². The number of amides is 1. The lowest BCUT2D eigenvalue weighted by atomic mass is 10.2. The lowest BCUT2D eigenvalue weighted by Gasteiger charge is -2.12. The molecule has 1 N–H and O–H groups in total. The molecule has 0 radical (unpaired) electrons. The van der Waals surface area contributed by atoms with Gasteiger partial charge in [0.2, 0.25) is 5.88 Å². The maximum absolute atomic E-state index is 11.9. The lowest BCUT2D eigenvalue weighted by Crippen LogP contribution is -2.38. The molecule has 1 amide bonds. The number of fused-ring (bicyclic) bond motifs is 1. The molecule has 7 nitrogen and oxygen atoms in total. The first-order chi connectivity index (χ1) is 10.9. The molecule has 1 saturated heterocycles. The quantitative estimate of drug-likeness (QED) is 0.879. The van der Waals surface area contributed by atoms with Gasteiger partial charge < -0.3 is 10.1 Å². The Labute approximate surface area is 134 Å². The normalized spacial score (nSPS) is 19.6. The molecule has 1 aliphatic heterocycles.